The SMILES string of the molecule is CC(C)c1nc(C(C)(C)c2ccc(C(C)(C)c3ccnnc3)nn2)cs1. The van der Waals surface area contributed by atoms with Crippen LogP contribution in [0.3, 0.4) is 0 Å². The molecule has 0 aliphatic carbocycles. The second kappa shape index (κ2) is 6.83. The molecule has 0 bridgehead atoms. The van der Waals surface area contributed by atoms with E-state index in [1.54, 1.807) is 23.7 Å². The van der Waals surface area contributed by atoms with Crippen molar-refractivity contribution in [1.82, 2.24) is 25.4 Å². The lowest BCUT2D eigenvalue weighted by Gasteiger charge is -2.25. The van der Waals surface area contributed by atoms with Crippen LogP contribution in [0.1, 0.15) is 75.1 Å². The molecular weight excluding hydrogens is 342 g/mol. The van der Waals surface area contributed by atoms with Crippen molar-refractivity contribution in [3.63, 3.8) is 0 Å². The van der Waals surface area contributed by atoms with Crippen molar-refractivity contribution in [1.29, 1.82) is 0 Å². The molecule has 0 amide bonds. The Morgan fingerprint density at radius 2 is 1.50 bits per heavy atom. The average Bonchev–Trinajstić information content (AvgIpc) is 3.14. The Balaban J connectivity index is 1.91. The smallest absolute Gasteiger partial charge is 0.0954 e. The van der Waals surface area contributed by atoms with Crippen LogP contribution in [-0.4, -0.2) is 25.4 Å². The summed E-state index contributed by atoms with van der Waals surface area (Å²) in [5, 5.41) is 20.2. The van der Waals surface area contributed by atoms with Gasteiger partial charge in [0.15, 0.2) is 0 Å². The number of hydrogen-bond donors (Lipinski definition) is 0. The third kappa shape index (κ3) is 3.38. The van der Waals surface area contributed by atoms with Gasteiger partial charge in [-0.3, -0.25) is 0 Å². The number of nitrogens with zero attached hydrogens (tertiary/aromatic N) is 5. The minimum absolute atomic E-state index is 0.280. The van der Waals surface area contributed by atoms with Crippen LogP contribution in [0.4, 0.5) is 0 Å². The summed E-state index contributed by atoms with van der Waals surface area (Å²) in [6.45, 7) is 12.9. The number of hydrogen-bond acceptors (Lipinski definition) is 6. The monoisotopic (exact) mass is 367 g/mol. The van der Waals surface area contributed by atoms with Crippen LogP contribution in [0.5, 0.6) is 0 Å². The molecule has 5 nitrogen and oxygen atoms in total. The lowest BCUT2D eigenvalue weighted by molar-refractivity contribution is 0.558. The molecule has 0 spiro atoms. The Kier molecular flexibility index (Phi) is 4.88. The van der Waals surface area contributed by atoms with Gasteiger partial charge in [0.2, 0.25) is 0 Å². The maximum atomic E-state index is 4.81. The minimum atomic E-state index is -0.281. The Hall–Kier alpha value is -2.21. The third-order valence-corrected chi connectivity index (χ3v) is 6.05. The zero-order valence-electron chi connectivity index (χ0n) is 16.2. The normalized spacial score (nSPS) is 12.6. The van der Waals surface area contributed by atoms with E-state index in [-0.39, 0.29) is 10.8 Å². The van der Waals surface area contributed by atoms with E-state index in [0.717, 1.165) is 27.7 Å². The molecule has 0 saturated carbocycles. The van der Waals surface area contributed by atoms with Crippen LogP contribution >= 0.6 is 11.3 Å². The predicted molar refractivity (Wildman–Crippen MR) is 105 cm³/mol. The average molecular weight is 368 g/mol. The predicted octanol–water partition coefficient (Wildman–Crippen LogP) is 4.50. The minimum Gasteiger partial charge on any atom is -0.245 e. The highest BCUT2D eigenvalue weighted by Gasteiger charge is 2.30. The Bertz CT molecular complexity index is 867. The third-order valence-electron chi connectivity index (χ3n) is 4.91. The molecule has 0 aromatic carbocycles. The van der Waals surface area contributed by atoms with Gasteiger partial charge in [0.05, 0.1) is 33.7 Å². The maximum Gasteiger partial charge on any atom is 0.0954 e. The van der Waals surface area contributed by atoms with Gasteiger partial charge in [-0.15, -0.1) is 11.3 Å². The summed E-state index contributed by atoms with van der Waals surface area (Å²) in [6.07, 6.45) is 3.48. The van der Waals surface area contributed by atoms with E-state index in [2.05, 4.69) is 79.4 Å². The lowest BCUT2D eigenvalue weighted by Crippen LogP contribution is -2.25. The molecule has 0 fully saturated rings. The summed E-state index contributed by atoms with van der Waals surface area (Å²) in [6, 6.07) is 6.09. The van der Waals surface area contributed by atoms with Crippen LogP contribution in [0.15, 0.2) is 36.0 Å². The molecule has 3 heterocycles. The summed E-state index contributed by atoms with van der Waals surface area (Å²) in [7, 11) is 0. The Labute approximate surface area is 159 Å². The highest BCUT2D eigenvalue weighted by atomic mass is 32.1. The molecule has 3 aromatic rings. The highest BCUT2D eigenvalue weighted by Crippen LogP contribution is 2.34. The van der Waals surface area contributed by atoms with Crippen molar-refractivity contribution in [2.24, 2.45) is 0 Å². The molecule has 26 heavy (non-hydrogen) atoms. The van der Waals surface area contributed by atoms with Gasteiger partial charge in [0, 0.05) is 22.9 Å². The molecule has 0 saturated heterocycles. The van der Waals surface area contributed by atoms with E-state index in [0.29, 0.717) is 5.92 Å². The van der Waals surface area contributed by atoms with Crippen LogP contribution in [0.2, 0.25) is 0 Å². The zero-order chi connectivity index (χ0) is 18.9. The lowest BCUT2D eigenvalue weighted by atomic mass is 9.81. The van der Waals surface area contributed by atoms with Crippen molar-refractivity contribution in [2.45, 2.75) is 58.3 Å². The molecule has 0 atom stereocenters. The van der Waals surface area contributed by atoms with Crippen LogP contribution < -0.4 is 0 Å². The molecule has 0 N–H and O–H groups in total. The molecule has 0 unspecified atom stereocenters. The fourth-order valence-electron chi connectivity index (χ4n) is 2.78. The topological polar surface area (TPSA) is 64.5 Å². The zero-order valence-corrected chi connectivity index (χ0v) is 17.0. The fourth-order valence-corrected chi connectivity index (χ4v) is 3.78. The van der Waals surface area contributed by atoms with Crippen molar-refractivity contribution < 1.29 is 0 Å². The Morgan fingerprint density at radius 1 is 0.846 bits per heavy atom. The van der Waals surface area contributed by atoms with E-state index < -0.39 is 0 Å². The van der Waals surface area contributed by atoms with Gasteiger partial charge < -0.3 is 0 Å². The van der Waals surface area contributed by atoms with Crippen molar-refractivity contribution in [3.8, 4) is 0 Å². The van der Waals surface area contributed by atoms with Crippen LogP contribution in [0, 0.1) is 0 Å². The number of rotatable bonds is 5. The van der Waals surface area contributed by atoms with Crippen molar-refractivity contribution >= 4 is 11.3 Å². The standard InChI is InChI=1S/C20H25N5S/c1-13(2)18-23-17(12-26-18)20(5,6)16-8-7-15(24-25-16)19(3,4)14-9-10-21-22-11-14/h7-13H,1-6H3. The van der Waals surface area contributed by atoms with E-state index in [1.165, 1.54) is 0 Å². The van der Waals surface area contributed by atoms with Crippen LogP contribution in [0.25, 0.3) is 0 Å². The number of thiazole rings is 1. The molecule has 6 heteroatoms. The van der Waals surface area contributed by atoms with Crippen LogP contribution in [-0.2, 0) is 10.8 Å². The van der Waals surface area contributed by atoms with Crippen molar-refractivity contribution in [3.05, 3.63) is 63.6 Å². The van der Waals surface area contributed by atoms with E-state index >= 15 is 0 Å². The molecule has 0 aliphatic rings. The molecule has 136 valence electrons. The van der Waals surface area contributed by atoms with Gasteiger partial charge >= 0.3 is 0 Å². The van der Waals surface area contributed by atoms with Gasteiger partial charge in [-0.05, 0) is 37.6 Å². The summed E-state index contributed by atoms with van der Waals surface area (Å²) in [4.78, 5) is 4.81. The second-order valence-electron chi connectivity index (χ2n) is 7.91. The number of aromatic nitrogens is 5. The molecular formula is C20H25N5S. The van der Waals surface area contributed by atoms with E-state index in [1.807, 2.05) is 6.07 Å². The summed E-state index contributed by atoms with van der Waals surface area (Å²) >= 11 is 1.71. The first-order valence-corrected chi connectivity index (χ1v) is 9.68. The summed E-state index contributed by atoms with van der Waals surface area (Å²) < 4.78 is 0. The molecule has 3 rings (SSSR count). The highest BCUT2D eigenvalue weighted by molar-refractivity contribution is 7.09. The van der Waals surface area contributed by atoms with Gasteiger partial charge in [-0.1, -0.05) is 27.7 Å². The summed E-state index contributed by atoms with van der Waals surface area (Å²) in [5.41, 5.74) is 3.38. The van der Waals surface area contributed by atoms with Gasteiger partial charge in [0.1, 0.15) is 0 Å². The van der Waals surface area contributed by atoms with Gasteiger partial charge in [0.25, 0.3) is 0 Å². The molecule has 0 aliphatic heterocycles. The maximum absolute atomic E-state index is 4.81. The largest absolute Gasteiger partial charge is 0.245 e. The first-order valence-electron chi connectivity index (χ1n) is 8.80. The Morgan fingerprint density at radius 3 is 2.00 bits per heavy atom. The summed E-state index contributed by atoms with van der Waals surface area (Å²) in [5.74, 6) is 0.438. The quantitative estimate of drug-likeness (QED) is 0.664. The second-order valence-corrected chi connectivity index (χ2v) is 8.80. The van der Waals surface area contributed by atoms with E-state index in [4.69, 9.17) is 4.98 Å². The molecule has 0 radical (unpaired) electrons. The van der Waals surface area contributed by atoms with Gasteiger partial charge in [-0.2, -0.15) is 20.4 Å². The first kappa shape index (κ1) is 18.6. The van der Waals surface area contributed by atoms with E-state index in [9.17, 15) is 0 Å². The molecule has 3 aromatic heterocycles. The fraction of sp³-hybridized carbons (Fsp3) is 0.450. The first-order chi connectivity index (χ1) is 12.2. The van der Waals surface area contributed by atoms with Gasteiger partial charge in [-0.25, -0.2) is 4.98 Å². The van der Waals surface area contributed by atoms with Crippen molar-refractivity contribution in [2.75, 3.05) is 0 Å².